The Hall–Kier alpha value is -0.0500. The summed E-state index contributed by atoms with van der Waals surface area (Å²) in [5, 5.41) is 6.95. The highest BCUT2D eigenvalue weighted by Crippen LogP contribution is 2.42. The molecule has 0 spiro atoms. The Morgan fingerprint density at radius 2 is 2.05 bits per heavy atom. The zero-order valence-electron chi connectivity index (χ0n) is 12.3. The van der Waals surface area contributed by atoms with E-state index in [4.69, 9.17) is 11.6 Å². The van der Waals surface area contributed by atoms with Crippen LogP contribution in [0.25, 0.3) is 0 Å². The van der Waals surface area contributed by atoms with Crippen LogP contribution < -0.4 is 5.32 Å². The lowest BCUT2D eigenvalue weighted by atomic mass is 9.78. The van der Waals surface area contributed by atoms with Crippen LogP contribution in [0.1, 0.15) is 62.4 Å². The monoisotopic (exact) mass is 299 g/mol. The maximum Gasteiger partial charge on any atom is 0.0590 e. The van der Waals surface area contributed by atoms with E-state index in [9.17, 15) is 0 Å². The summed E-state index contributed by atoms with van der Waals surface area (Å²) >= 11 is 8.34. The van der Waals surface area contributed by atoms with Crippen molar-refractivity contribution >= 4 is 22.9 Å². The molecule has 0 saturated heterocycles. The molecule has 0 radical (unpaired) electrons. The predicted molar refractivity (Wildman–Crippen MR) is 86.2 cm³/mol. The smallest absolute Gasteiger partial charge is 0.0590 e. The summed E-state index contributed by atoms with van der Waals surface area (Å²) in [5.74, 6) is 1.67. The number of aryl methyl sites for hydroxylation is 1. The van der Waals surface area contributed by atoms with E-state index in [0.717, 1.165) is 23.4 Å². The molecule has 0 aromatic carbocycles. The molecule has 1 nitrogen and oxygen atoms in total. The Morgan fingerprint density at radius 3 is 2.58 bits per heavy atom. The van der Waals surface area contributed by atoms with Gasteiger partial charge in [-0.25, -0.2) is 0 Å². The third-order valence-electron chi connectivity index (χ3n) is 4.35. The lowest BCUT2D eigenvalue weighted by Gasteiger charge is -2.33. The van der Waals surface area contributed by atoms with Gasteiger partial charge in [0.15, 0.2) is 0 Å². The molecular formula is C16H26ClNS. The van der Waals surface area contributed by atoms with E-state index in [1.807, 2.05) is 11.3 Å². The van der Waals surface area contributed by atoms with Crippen LogP contribution in [0, 0.1) is 18.8 Å². The van der Waals surface area contributed by atoms with Gasteiger partial charge in [-0.3, -0.25) is 0 Å². The van der Waals surface area contributed by atoms with Crippen molar-refractivity contribution in [1.82, 2.24) is 5.32 Å². The minimum absolute atomic E-state index is 0.471. The molecule has 1 N–H and O–H groups in total. The number of hydrogen-bond acceptors (Lipinski definition) is 2. The van der Waals surface area contributed by atoms with Gasteiger partial charge >= 0.3 is 0 Å². The van der Waals surface area contributed by atoms with Crippen LogP contribution in [0.3, 0.4) is 0 Å². The SMILES string of the molecule is CCCNC(c1scc(C)c1Cl)C1CCC(C)CC1. The topological polar surface area (TPSA) is 12.0 Å². The van der Waals surface area contributed by atoms with E-state index >= 15 is 0 Å². The Bertz CT molecular complexity index is 393. The fourth-order valence-corrected chi connectivity index (χ4v) is 4.53. The molecule has 0 amide bonds. The second kappa shape index (κ2) is 7.10. The molecular weight excluding hydrogens is 274 g/mol. The van der Waals surface area contributed by atoms with Crippen LogP contribution in [0.15, 0.2) is 5.38 Å². The molecule has 0 bridgehead atoms. The zero-order chi connectivity index (χ0) is 13.8. The summed E-state index contributed by atoms with van der Waals surface area (Å²) in [7, 11) is 0. The van der Waals surface area contributed by atoms with Gasteiger partial charge in [-0.1, -0.05) is 38.3 Å². The molecule has 1 aliphatic carbocycles. The van der Waals surface area contributed by atoms with Crippen LogP contribution in [-0.2, 0) is 0 Å². The van der Waals surface area contributed by atoms with Gasteiger partial charge in [0.05, 0.1) is 5.02 Å². The Labute approximate surface area is 126 Å². The van der Waals surface area contributed by atoms with Gasteiger partial charge in [0.1, 0.15) is 0 Å². The first-order chi connectivity index (χ1) is 9.13. The molecule has 1 saturated carbocycles. The third kappa shape index (κ3) is 3.74. The molecule has 1 unspecified atom stereocenters. The first-order valence-corrected chi connectivity index (χ1v) is 8.86. The molecule has 2 rings (SSSR count). The molecule has 3 heteroatoms. The Kier molecular flexibility index (Phi) is 5.73. The van der Waals surface area contributed by atoms with Crippen LogP contribution in [-0.4, -0.2) is 6.54 Å². The molecule has 0 aliphatic heterocycles. The molecule has 19 heavy (non-hydrogen) atoms. The summed E-state index contributed by atoms with van der Waals surface area (Å²) < 4.78 is 0. The summed E-state index contributed by atoms with van der Waals surface area (Å²) in [6.07, 6.45) is 6.61. The van der Waals surface area contributed by atoms with Crippen molar-refractivity contribution in [2.45, 2.75) is 58.9 Å². The number of rotatable bonds is 5. The zero-order valence-corrected chi connectivity index (χ0v) is 13.9. The fourth-order valence-electron chi connectivity index (χ4n) is 3.05. The third-order valence-corrected chi connectivity index (χ3v) is 6.15. The average Bonchev–Trinajstić information content (AvgIpc) is 2.73. The highest BCUT2D eigenvalue weighted by molar-refractivity contribution is 7.10. The van der Waals surface area contributed by atoms with E-state index in [-0.39, 0.29) is 0 Å². The molecule has 1 aromatic heterocycles. The van der Waals surface area contributed by atoms with Gasteiger partial charge in [-0.15, -0.1) is 11.3 Å². The maximum atomic E-state index is 6.50. The van der Waals surface area contributed by atoms with Crippen molar-refractivity contribution in [2.24, 2.45) is 11.8 Å². The van der Waals surface area contributed by atoms with Crippen molar-refractivity contribution < 1.29 is 0 Å². The summed E-state index contributed by atoms with van der Waals surface area (Å²) in [6, 6.07) is 0.471. The van der Waals surface area contributed by atoms with Crippen molar-refractivity contribution in [3.63, 3.8) is 0 Å². The van der Waals surface area contributed by atoms with Crippen LogP contribution in [0.2, 0.25) is 5.02 Å². The van der Waals surface area contributed by atoms with E-state index in [1.54, 1.807) is 0 Å². The summed E-state index contributed by atoms with van der Waals surface area (Å²) in [4.78, 5) is 1.37. The van der Waals surface area contributed by atoms with Crippen LogP contribution in [0.4, 0.5) is 0 Å². The van der Waals surface area contributed by atoms with Gasteiger partial charge in [0, 0.05) is 10.9 Å². The standard InChI is InChI=1S/C16H26ClNS/c1-4-9-18-15(13-7-5-11(2)6-8-13)16-14(17)12(3)10-19-16/h10-11,13,15,18H,4-9H2,1-3H3. The molecule has 108 valence electrons. The Balaban J connectivity index is 2.13. The summed E-state index contributed by atoms with van der Waals surface area (Å²) in [6.45, 7) is 7.81. The lowest BCUT2D eigenvalue weighted by Crippen LogP contribution is -2.31. The quantitative estimate of drug-likeness (QED) is 0.748. The number of thiophene rings is 1. The number of hydrogen-bond donors (Lipinski definition) is 1. The highest BCUT2D eigenvalue weighted by Gasteiger charge is 2.29. The van der Waals surface area contributed by atoms with Crippen molar-refractivity contribution in [3.05, 3.63) is 20.8 Å². The van der Waals surface area contributed by atoms with E-state index in [2.05, 4.69) is 31.5 Å². The molecule has 1 aliphatic rings. The Morgan fingerprint density at radius 1 is 1.37 bits per heavy atom. The average molecular weight is 300 g/mol. The minimum Gasteiger partial charge on any atom is -0.309 e. The van der Waals surface area contributed by atoms with Crippen molar-refractivity contribution in [1.29, 1.82) is 0 Å². The minimum atomic E-state index is 0.471. The first-order valence-electron chi connectivity index (χ1n) is 7.60. The van der Waals surface area contributed by atoms with Crippen molar-refractivity contribution in [3.8, 4) is 0 Å². The lowest BCUT2D eigenvalue weighted by molar-refractivity contribution is 0.233. The van der Waals surface area contributed by atoms with Gasteiger partial charge in [0.25, 0.3) is 0 Å². The van der Waals surface area contributed by atoms with E-state index < -0.39 is 0 Å². The van der Waals surface area contributed by atoms with Gasteiger partial charge in [0.2, 0.25) is 0 Å². The highest BCUT2D eigenvalue weighted by atomic mass is 35.5. The fraction of sp³-hybridized carbons (Fsp3) is 0.750. The van der Waals surface area contributed by atoms with Gasteiger partial charge in [-0.2, -0.15) is 0 Å². The summed E-state index contributed by atoms with van der Waals surface area (Å²) in [5.41, 5.74) is 1.23. The second-order valence-electron chi connectivity index (χ2n) is 6.05. The number of nitrogens with one attached hydrogen (secondary N) is 1. The van der Waals surface area contributed by atoms with Gasteiger partial charge in [-0.05, 0) is 55.5 Å². The molecule has 1 fully saturated rings. The van der Waals surface area contributed by atoms with Crippen LogP contribution in [0.5, 0.6) is 0 Å². The van der Waals surface area contributed by atoms with Crippen molar-refractivity contribution in [2.75, 3.05) is 6.54 Å². The largest absolute Gasteiger partial charge is 0.309 e. The van der Waals surface area contributed by atoms with E-state index in [0.29, 0.717) is 6.04 Å². The molecule has 1 atom stereocenters. The molecule has 1 aromatic rings. The van der Waals surface area contributed by atoms with Gasteiger partial charge < -0.3 is 5.32 Å². The second-order valence-corrected chi connectivity index (χ2v) is 7.34. The number of halogens is 1. The molecule has 1 heterocycles. The normalized spacial score (nSPS) is 25.5. The predicted octanol–water partition coefficient (Wildman–Crippen LogP) is 5.58. The van der Waals surface area contributed by atoms with Crippen LogP contribution >= 0.6 is 22.9 Å². The maximum absolute atomic E-state index is 6.50. The van der Waals surface area contributed by atoms with E-state index in [1.165, 1.54) is 42.5 Å². The first kappa shape index (κ1) is 15.3.